The van der Waals surface area contributed by atoms with Crippen LogP contribution in [-0.4, -0.2) is 19.7 Å². The van der Waals surface area contributed by atoms with Crippen LogP contribution in [0.4, 0.5) is 0 Å². The van der Waals surface area contributed by atoms with Crippen molar-refractivity contribution in [2.75, 3.05) is 13.7 Å². The molecule has 0 bridgehead atoms. The number of halogens is 1. The van der Waals surface area contributed by atoms with Gasteiger partial charge in [0.25, 0.3) is 0 Å². The van der Waals surface area contributed by atoms with Crippen LogP contribution in [0.1, 0.15) is 52.7 Å². The van der Waals surface area contributed by atoms with Crippen molar-refractivity contribution in [3.05, 3.63) is 124 Å². The van der Waals surface area contributed by atoms with Gasteiger partial charge < -0.3 is 29.4 Å². The summed E-state index contributed by atoms with van der Waals surface area (Å²) in [5, 5.41) is 10.6. The predicted octanol–water partition coefficient (Wildman–Crippen LogP) is 7.54. The Kier molecular flexibility index (Phi) is 9.58. The van der Waals surface area contributed by atoms with Crippen molar-refractivity contribution < 1.29 is 28.5 Å². The molecule has 4 aromatic carbocycles. The van der Waals surface area contributed by atoms with E-state index in [1.807, 2.05) is 24.3 Å². The van der Waals surface area contributed by atoms with Crippen molar-refractivity contribution in [3.8, 4) is 34.8 Å². The Morgan fingerprint density at radius 2 is 1.70 bits per heavy atom. The van der Waals surface area contributed by atoms with Gasteiger partial charge in [-0.15, -0.1) is 0 Å². The van der Waals surface area contributed by atoms with E-state index in [9.17, 15) is 10.1 Å². The molecule has 9 heteroatoms. The number of fused-ring (bicyclic) bond motifs is 1. The summed E-state index contributed by atoms with van der Waals surface area (Å²) < 4.78 is 28.8. The molecule has 5 rings (SSSR count). The molecule has 0 aromatic heterocycles. The van der Waals surface area contributed by atoms with Crippen LogP contribution >= 0.6 is 11.6 Å². The molecule has 2 N–H and O–H groups in total. The van der Waals surface area contributed by atoms with Crippen molar-refractivity contribution in [1.29, 1.82) is 5.26 Å². The third-order valence-corrected chi connectivity index (χ3v) is 7.34. The average molecular weight is 611 g/mol. The summed E-state index contributed by atoms with van der Waals surface area (Å²) >= 11 is 5.98. The minimum atomic E-state index is -0.548. The summed E-state index contributed by atoms with van der Waals surface area (Å²) in [6.45, 7) is 3.04. The molecule has 0 amide bonds. The van der Waals surface area contributed by atoms with E-state index in [0.29, 0.717) is 52.4 Å². The lowest BCUT2D eigenvalue weighted by Crippen LogP contribution is -2.21. The van der Waals surface area contributed by atoms with Gasteiger partial charge in [-0.3, -0.25) is 0 Å². The normalized spacial score (nSPS) is 13.7. The van der Waals surface area contributed by atoms with Crippen LogP contribution < -0.4 is 29.4 Å². The lowest BCUT2D eigenvalue weighted by molar-refractivity contribution is 0.0734. The third kappa shape index (κ3) is 6.91. The van der Waals surface area contributed by atoms with Gasteiger partial charge in [0.2, 0.25) is 5.88 Å². The molecule has 1 aliphatic rings. The standard InChI is InChI=1S/C35H31ClN2O6/c1-3-4-17-41-26-12-7-23(8-13-26)35(39)43-27-14-15-28-31(19-27)44-34(38)29(20-37)33(28)24-9-16-30(32(18-24)40-2)42-21-22-5-10-25(36)11-6-22/h5-16,18-19,33H,3-4,17,21,38H2,1-2H3. The van der Waals surface area contributed by atoms with Crippen LogP contribution in [0.25, 0.3) is 0 Å². The molecule has 1 aliphatic heterocycles. The molecule has 4 aromatic rings. The van der Waals surface area contributed by atoms with E-state index in [4.69, 9.17) is 41.0 Å². The van der Waals surface area contributed by atoms with Gasteiger partial charge in [-0.05, 0) is 72.1 Å². The number of carbonyl (C=O) groups excluding carboxylic acids is 1. The van der Waals surface area contributed by atoms with E-state index in [-0.39, 0.29) is 17.2 Å². The lowest BCUT2D eigenvalue weighted by atomic mass is 9.83. The van der Waals surface area contributed by atoms with E-state index in [1.165, 1.54) is 0 Å². The van der Waals surface area contributed by atoms with Crippen LogP contribution in [-0.2, 0) is 6.61 Å². The summed E-state index contributed by atoms with van der Waals surface area (Å²) in [5.74, 6) is 1.26. The van der Waals surface area contributed by atoms with Gasteiger partial charge in [-0.25, -0.2) is 4.79 Å². The fraction of sp³-hybridized carbons (Fsp3) is 0.200. The molecule has 224 valence electrons. The maximum atomic E-state index is 12.9. The van der Waals surface area contributed by atoms with Gasteiger partial charge in [0.05, 0.1) is 25.2 Å². The minimum Gasteiger partial charge on any atom is -0.494 e. The number of esters is 1. The number of nitrogens with zero attached hydrogens (tertiary/aromatic N) is 1. The molecule has 1 atom stereocenters. The van der Waals surface area contributed by atoms with Gasteiger partial charge in [0.1, 0.15) is 35.5 Å². The van der Waals surface area contributed by atoms with E-state index < -0.39 is 11.9 Å². The summed E-state index contributed by atoms with van der Waals surface area (Å²) in [4.78, 5) is 12.9. The molecule has 1 unspecified atom stereocenters. The second-order valence-corrected chi connectivity index (χ2v) is 10.5. The summed E-state index contributed by atoms with van der Waals surface area (Å²) in [7, 11) is 1.55. The highest BCUT2D eigenvalue weighted by atomic mass is 35.5. The number of unbranched alkanes of at least 4 members (excludes halogenated alkanes) is 1. The smallest absolute Gasteiger partial charge is 0.343 e. The second kappa shape index (κ2) is 13.9. The van der Waals surface area contributed by atoms with E-state index in [2.05, 4.69) is 13.0 Å². The van der Waals surface area contributed by atoms with Gasteiger partial charge >= 0.3 is 5.97 Å². The number of rotatable bonds is 11. The number of benzene rings is 4. The number of hydrogen-bond donors (Lipinski definition) is 1. The number of ether oxygens (including phenoxy) is 5. The van der Waals surface area contributed by atoms with Gasteiger partial charge in [-0.2, -0.15) is 5.26 Å². The summed E-state index contributed by atoms with van der Waals surface area (Å²) in [6.07, 6.45) is 2.00. The highest BCUT2D eigenvalue weighted by Gasteiger charge is 2.32. The quantitative estimate of drug-likeness (QED) is 0.105. The maximum absolute atomic E-state index is 12.9. The number of methoxy groups -OCH3 is 1. The van der Waals surface area contributed by atoms with E-state index in [1.54, 1.807) is 67.8 Å². The van der Waals surface area contributed by atoms with Gasteiger partial charge in [0, 0.05) is 16.7 Å². The Morgan fingerprint density at radius 1 is 0.955 bits per heavy atom. The number of nitriles is 1. The molecule has 0 aliphatic carbocycles. The average Bonchev–Trinajstić information content (AvgIpc) is 3.04. The molecule has 0 radical (unpaired) electrons. The monoisotopic (exact) mass is 610 g/mol. The molecule has 0 saturated heterocycles. The fourth-order valence-electron chi connectivity index (χ4n) is 4.75. The maximum Gasteiger partial charge on any atom is 0.343 e. The number of hydrogen-bond acceptors (Lipinski definition) is 8. The first-order valence-electron chi connectivity index (χ1n) is 14.1. The SMILES string of the molecule is CCCCOc1ccc(C(=O)Oc2ccc3c(c2)OC(N)=C(C#N)C3c2ccc(OCc3ccc(Cl)cc3)c(OC)c2)cc1. The predicted molar refractivity (Wildman–Crippen MR) is 166 cm³/mol. The number of nitrogens with two attached hydrogens (primary N) is 1. The molecule has 1 heterocycles. The van der Waals surface area contributed by atoms with E-state index in [0.717, 1.165) is 24.0 Å². The Bertz CT molecular complexity index is 1710. The Labute approximate surface area is 261 Å². The second-order valence-electron chi connectivity index (χ2n) is 10.1. The van der Waals surface area contributed by atoms with Crippen LogP contribution in [0, 0.1) is 11.3 Å². The molecule has 0 saturated carbocycles. The molecule has 44 heavy (non-hydrogen) atoms. The van der Waals surface area contributed by atoms with Crippen molar-refractivity contribution in [2.45, 2.75) is 32.3 Å². The van der Waals surface area contributed by atoms with Crippen LogP contribution in [0.3, 0.4) is 0 Å². The molecular weight excluding hydrogens is 580 g/mol. The number of allylic oxidation sites excluding steroid dienone is 1. The Balaban J connectivity index is 1.36. The highest BCUT2D eigenvalue weighted by Crippen LogP contribution is 2.45. The van der Waals surface area contributed by atoms with Crippen molar-refractivity contribution >= 4 is 17.6 Å². The number of carbonyl (C=O) groups is 1. The largest absolute Gasteiger partial charge is 0.494 e. The highest BCUT2D eigenvalue weighted by molar-refractivity contribution is 6.30. The van der Waals surface area contributed by atoms with Crippen LogP contribution in [0.2, 0.25) is 5.02 Å². The van der Waals surface area contributed by atoms with Crippen molar-refractivity contribution in [2.24, 2.45) is 5.73 Å². The first kappa shape index (κ1) is 30.3. The summed E-state index contributed by atoms with van der Waals surface area (Å²) in [6, 6.07) is 26.8. The van der Waals surface area contributed by atoms with Crippen molar-refractivity contribution in [3.63, 3.8) is 0 Å². The molecule has 0 spiro atoms. The zero-order valence-corrected chi connectivity index (χ0v) is 25.1. The van der Waals surface area contributed by atoms with E-state index >= 15 is 0 Å². The van der Waals surface area contributed by atoms with Crippen LogP contribution in [0.15, 0.2) is 96.4 Å². The minimum absolute atomic E-state index is 0.0332. The van der Waals surface area contributed by atoms with Crippen LogP contribution in [0.5, 0.6) is 28.7 Å². The molecule has 0 fully saturated rings. The zero-order valence-electron chi connectivity index (χ0n) is 24.3. The molecular formula is C35H31ClN2O6. The first-order valence-corrected chi connectivity index (χ1v) is 14.5. The van der Waals surface area contributed by atoms with Gasteiger partial charge in [-0.1, -0.05) is 49.2 Å². The topological polar surface area (TPSA) is 113 Å². The fourth-order valence-corrected chi connectivity index (χ4v) is 4.88. The molecule has 8 nitrogen and oxygen atoms in total. The lowest BCUT2D eigenvalue weighted by Gasteiger charge is -2.27. The third-order valence-electron chi connectivity index (χ3n) is 7.09. The first-order chi connectivity index (χ1) is 21.4. The Morgan fingerprint density at radius 3 is 2.41 bits per heavy atom. The zero-order chi connectivity index (χ0) is 31.1. The van der Waals surface area contributed by atoms with Gasteiger partial charge in [0.15, 0.2) is 11.5 Å². The summed E-state index contributed by atoms with van der Waals surface area (Å²) in [5.41, 5.74) is 9.21. The van der Waals surface area contributed by atoms with Crippen molar-refractivity contribution in [1.82, 2.24) is 0 Å². The Hall–Kier alpha value is -5.13.